The Labute approximate surface area is 296 Å². The van der Waals surface area contributed by atoms with Crippen LogP contribution in [0.25, 0.3) is 0 Å². The van der Waals surface area contributed by atoms with Gasteiger partial charge in [-0.1, -0.05) is 125 Å². The minimum Gasteiger partial charge on any atom is -0.461 e. The Hall–Kier alpha value is -1.49. The third-order valence-corrected chi connectivity index (χ3v) is 13.2. The first kappa shape index (κ1) is 42.7. The maximum atomic E-state index is 12.3. The van der Waals surface area contributed by atoms with Crippen molar-refractivity contribution in [1.29, 1.82) is 0 Å². The first-order chi connectivity index (χ1) is 22.7. The minimum absolute atomic E-state index is 0.0237. The highest BCUT2D eigenvalue weighted by Gasteiger charge is 2.57. The predicted molar refractivity (Wildman–Crippen MR) is 202 cm³/mol. The van der Waals surface area contributed by atoms with Crippen molar-refractivity contribution in [2.75, 3.05) is 0 Å². The molecule has 0 aromatic rings. The Balaban J connectivity index is 0.000000521. The van der Waals surface area contributed by atoms with E-state index in [1.165, 1.54) is 104 Å². The van der Waals surface area contributed by atoms with E-state index in [4.69, 9.17) is 10.5 Å². The van der Waals surface area contributed by atoms with Gasteiger partial charge in [-0.05, 0) is 97.7 Å². The monoisotopic (exact) mass is 672 g/mol. The smallest absolute Gasteiger partial charge is 0.323 e. The lowest BCUT2D eigenvalue weighted by molar-refractivity contribution is -0.154. The van der Waals surface area contributed by atoms with Crippen LogP contribution in [0.3, 0.4) is 0 Å². The molecule has 4 aliphatic carbocycles. The lowest BCUT2D eigenvalue weighted by atomic mass is 9.42. The van der Waals surface area contributed by atoms with Gasteiger partial charge in [-0.25, -0.2) is 0 Å². The van der Waals surface area contributed by atoms with E-state index >= 15 is 0 Å². The van der Waals surface area contributed by atoms with E-state index in [1.54, 1.807) is 5.57 Å². The Kier molecular flexibility index (Phi) is 18.1. The highest BCUT2D eigenvalue weighted by molar-refractivity contribution is 6.35. The molecule has 0 heterocycles. The number of Topliss-reactive ketones (excluding diaryl/α,β-unsaturated/α-hetero) is 2. The van der Waals surface area contributed by atoms with Gasteiger partial charge in [-0.15, -0.1) is 0 Å². The first-order valence-electron chi connectivity index (χ1n) is 20.3. The number of ether oxygens (including phenoxy) is 1. The molecule has 0 amide bonds. The number of hydrogen-bond donors (Lipinski definition) is 1. The van der Waals surface area contributed by atoms with Crippen molar-refractivity contribution in [3.63, 3.8) is 0 Å². The minimum atomic E-state index is -0.476. The lowest BCUT2D eigenvalue weighted by Crippen LogP contribution is -2.55. The zero-order chi connectivity index (χ0) is 36.1. The number of rotatable bonds is 13. The summed E-state index contributed by atoms with van der Waals surface area (Å²) in [6, 6.07) is -0.476. The van der Waals surface area contributed by atoms with Gasteiger partial charge < -0.3 is 10.5 Å². The maximum Gasteiger partial charge on any atom is 0.323 e. The molecule has 2 N–H and O–H groups in total. The first-order valence-corrected chi connectivity index (χ1v) is 20.3. The van der Waals surface area contributed by atoms with Crippen molar-refractivity contribution in [3.05, 3.63) is 11.6 Å². The van der Waals surface area contributed by atoms with Crippen LogP contribution in [0.2, 0.25) is 0 Å². The molecule has 0 aliphatic heterocycles. The number of carbonyl (C=O) groups is 3. The number of hydrogen-bond acceptors (Lipinski definition) is 5. The topological polar surface area (TPSA) is 86.5 Å². The van der Waals surface area contributed by atoms with Gasteiger partial charge >= 0.3 is 5.97 Å². The van der Waals surface area contributed by atoms with Crippen molar-refractivity contribution < 1.29 is 19.1 Å². The number of ketones is 2. The second kappa shape index (κ2) is 20.4. The van der Waals surface area contributed by atoms with E-state index in [2.05, 4.69) is 54.5 Å². The highest BCUT2D eigenvalue weighted by atomic mass is 16.5. The van der Waals surface area contributed by atoms with E-state index in [1.807, 2.05) is 6.92 Å². The summed E-state index contributed by atoms with van der Waals surface area (Å²) in [7, 11) is 0. The van der Waals surface area contributed by atoms with Crippen molar-refractivity contribution in [3.8, 4) is 0 Å². The Bertz CT molecular complexity index is 1020. The van der Waals surface area contributed by atoms with E-state index in [-0.39, 0.29) is 23.6 Å². The van der Waals surface area contributed by atoms with E-state index < -0.39 is 6.04 Å². The fourth-order valence-electron chi connectivity index (χ4n) is 10.0. The predicted octanol–water partition coefficient (Wildman–Crippen LogP) is 11.2. The van der Waals surface area contributed by atoms with E-state index in [0.29, 0.717) is 17.3 Å². The Morgan fingerprint density at radius 2 is 1.50 bits per heavy atom. The summed E-state index contributed by atoms with van der Waals surface area (Å²) in [5.74, 6) is 4.18. The summed E-state index contributed by atoms with van der Waals surface area (Å²) >= 11 is 0. The number of esters is 1. The van der Waals surface area contributed by atoms with Crippen LogP contribution < -0.4 is 5.73 Å². The molecular weight excluding hydrogens is 594 g/mol. The molecular formula is C43H77NO4. The fourth-order valence-corrected chi connectivity index (χ4v) is 10.0. The molecule has 5 nitrogen and oxygen atoms in total. The molecule has 0 spiro atoms. The molecule has 0 aromatic carbocycles. The summed E-state index contributed by atoms with van der Waals surface area (Å²) in [5.41, 5.74) is 8.36. The molecule has 0 saturated heterocycles. The van der Waals surface area contributed by atoms with Crippen LogP contribution >= 0.6 is 0 Å². The van der Waals surface area contributed by atoms with Crippen molar-refractivity contribution in [2.45, 2.75) is 197 Å². The van der Waals surface area contributed by atoms with Crippen molar-refractivity contribution >= 4 is 17.5 Å². The molecule has 3 saturated carbocycles. The van der Waals surface area contributed by atoms with Crippen molar-refractivity contribution in [1.82, 2.24) is 0 Å². The number of fused-ring (bicyclic) bond motifs is 5. The van der Waals surface area contributed by atoms with Gasteiger partial charge in [0, 0.05) is 20.3 Å². The number of nitrogens with two attached hydrogens (primary N) is 1. The van der Waals surface area contributed by atoms with Crippen LogP contribution in [-0.4, -0.2) is 29.7 Å². The van der Waals surface area contributed by atoms with Crippen molar-refractivity contribution in [2.24, 2.45) is 52.1 Å². The maximum absolute atomic E-state index is 12.3. The molecule has 0 aromatic heterocycles. The van der Waals surface area contributed by atoms with Crippen LogP contribution in [0.1, 0.15) is 185 Å². The zero-order valence-electron chi connectivity index (χ0n) is 33.1. The fraction of sp³-hybridized carbons (Fsp3) is 0.884. The Morgan fingerprint density at radius 1 is 0.854 bits per heavy atom. The quantitative estimate of drug-likeness (QED) is 0.0911. The number of allylic oxidation sites excluding steroid dienone is 1. The lowest BCUT2D eigenvalue weighted by Gasteiger charge is -2.62. The van der Waals surface area contributed by atoms with Gasteiger partial charge in [-0.3, -0.25) is 14.4 Å². The van der Waals surface area contributed by atoms with Gasteiger partial charge in [0.1, 0.15) is 12.1 Å². The Morgan fingerprint density at radius 3 is 2.06 bits per heavy atom. The SMILES string of the molecule is CC(=O)C(C)=O.CCCCCCC.CC[C@@H](N)C(=O)OC1CCC2(C)C(=CCC3C2CCC2(C)C(C(C)CCCC(C)C)CCCC32)C1. The molecule has 48 heavy (non-hydrogen) atoms. The average molecular weight is 672 g/mol. The van der Waals surface area contributed by atoms with Crippen LogP contribution in [0.15, 0.2) is 11.6 Å². The van der Waals surface area contributed by atoms with Gasteiger partial charge in [-0.2, -0.15) is 0 Å². The third-order valence-electron chi connectivity index (χ3n) is 13.2. The summed E-state index contributed by atoms with van der Waals surface area (Å²) in [5, 5.41) is 0. The number of carbonyl (C=O) groups excluding carboxylic acids is 3. The number of unbranched alkanes of at least 4 members (excludes halogenated alkanes) is 4. The second-order valence-electron chi connectivity index (χ2n) is 17.1. The summed E-state index contributed by atoms with van der Waals surface area (Å²) in [6.07, 6.45) is 26.0. The van der Waals surface area contributed by atoms with Gasteiger partial charge in [0.2, 0.25) is 0 Å². The zero-order valence-corrected chi connectivity index (χ0v) is 33.1. The molecule has 0 bridgehead atoms. The van der Waals surface area contributed by atoms with Gasteiger partial charge in [0.15, 0.2) is 11.6 Å². The normalized spacial score (nSPS) is 32.0. The summed E-state index contributed by atoms with van der Waals surface area (Å²) < 4.78 is 5.86. The van der Waals surface area contributed by atoms with Crippen LogP contribution in [0.5, 0.6) is 0 Å². The molecule has 4 aliphatic rings. The molecule has 9 atom stereocenters. The van der Waals surface area contributed by atoms with Crippen LogP contribution in [-0.2, 0) is 19.1 Å². The summed E-state index contributed by atoms with van der Waals surface area (Å²) in [6.45, 7) is 21.5. The average Bonchev–Trinajstić information content (AvgIpc) is 3.04. The standard InChI is InChI=1S/C32H55NO2.C7H16.C4H6O2/c1-7-29(33)30(34)35-24-16-18-31(5)23(20-24)14-15-25-27-13-9-12-26(22(4)11-8-10-21(2)3)32(27,6)19-17-28(25)31;1-3-5-7-6-4-2;1-3(5)4(2)6/h14,21-22,24-29H,7-13,15-20,33H2,1-6H3;3-7H2,1-2H3;1-2H3/t22?,24?,25?,26?,27?,28?,29-,31?,32?;;/m1../s1. The second-order valence-corrected chi connectivity index (χ2v) is 17.1. The molecule has 8 unspecified atom stereocenters. The molecule has 4 rings (SSSR count). The van der Waals surface area contributed by atoms with Gasteiger partial charge in [0.05, 0.1) is 0 Å². The highest BCUT2D eigenvalue weighted by Crippen LogP contribution is 2.66. The van der Waals surface area contributed by atoms with Crippen LogP contribution in [0.4, 0.5) is 0 Å². The molecule has 5 heteroatoms. The van der Waals surface area contributed by atoms with E-state index in [9.17, 15) is 14.4 Å². The molecule has 3 fully saturated rings. The van der Waals surface area contributed by atoms with Crippen LogP contribution in [0, 0.1) is 46.3 Å². The largest absolute Gasteiger partial charge is 0.461 e. The third kappa shape index (κ3) is 11.5. The summed E-state index contributed by atoms with van der Waals surface area (Å²) in [4.78, 5) is 31.9. The molecule has 0 radical (unpaired) electrons. The molecule has 278 valence electrons. The van der Waals surface area contributed by atoms with E-state index in [0.717, 1.165) is 54.8 Å². The van der Waals surface area contributed by atoms with Gasteiger partial charge in [0.25, 0.3) is 0 Å².